The van der Waals surface area contributed by atoms with Gasteiger partial charge in [-0.05, 0) is 38.7 Å². The van der Waals surface area contributed by atoms with Crippen LogP contribution in [0.2, 0.25) is 0 Å². The van der Waals surface area contributed by atoms with Crippen molar-refractivity contribution in [3.8, 4) is 0 Å². The second-order valence-corrected chi connectivity index (χ2v) is 4.34. The highest BCUT2D eigenvalue weighted by Crippen LogP contribution is 2.13. The zero-order chi connectivity index (χ0) is 14.3. The van der Waals surface area contributed by atoms with Gasteiger partial charge in [-0.15, -0.1) is 0 Å². The van der Waals surface area contributed by atoms with Crippen LogP contribution < -0.4 is 16.8 Å². The molecule has 0 aliphatic carbocycles. The molecule has 0 radical (unpaired) electrons. The van der Waals surface area contributed by atoms with E-state index in [9.17, 15) is 9.59 Å². The largest absolute Gasteiger partial charge is 0.366 e. The third kappa shape index (κ3) is 5.07. The number of hydrogen-bond donors (Lipinski definition) is 3. The summed E-state index contributed by atoms with van der Waals surface area (Å²) in [6.07, 6.45) is 0.835. The molecule has 0 heterocycles. The van der Waals surface area contributed by atoms with Crippen LogP contribution in [0.1, 0.15) is 16.8 Å². The lowest BCUT2D eigenvalue weighted by Crippen LogP contribution is -2.32. The molecule has 1 rings (SSSR count). The Morgan fingerprint density at radius 2 is 2.00 bits per heavy atom. The van der Waals surface area contributed by atoms with Crippen LogP contribution in [0.15, 0.2) is 24.3 Å². The fraction of sp³-hybridized carbons (Fsp3) is 0.385. The van der Waals surface area contributed by atoms with Gasteiger partial charge in [0.1, 0.15) is 0 Å². The van der Waals surface area contributed by atoms with Crippen molar-refractivity contribution in [1.82, 2.24) is 4.90 Å². The number of nitrogens with two attached hydrogens (primary N) is 2. The number of para-hydroxylation sites is 1. The quantitative estimate of drug-likeness (QED) is 0.645. The van der Waals surface area contributed by atoms with Crippen molar-refractivity contribution in [3.63, 3.8) is 0 Å². The molecule has 2 amide bonds. The van der Waals surface area contributed by atoms with Gasteiger partial charge in [-0.3, -0.25) is 14.5 Å². The van der Waals surface area contributed by atoms with Crippen LogP contribution in [0.4, 0.5) is 5.69 Å². The molecule has 0 aliphatic rings. The first-order valence-corrected chi connectivity index (χ1v) is 6.12. The van der Waals surface area contributed by atoms with Crippen molar-refractivity contribution in [2.45, 2.75) is 6.42 Å². The first-order chi connectivity index (χ1) is 9.04. The Morgan fingerprint density at radius 3 is 2.63 bits per heavy atom. The molecule has 0 bridgehead atoms. The molecule has 0 atom stereocenters. The van der Waals surface area contributed by atoms with Gasteiger partial charge in [-0.2, -0.15) is 0 Å². The lowest BCUT2D eigenvalue weighted by atomic mass is 10.1. The van der Waals surface area contributed by atoms with Crippen LogP contribution >= 0.6 is 0 Å². The van der Waals surface area contributed by atoms with Crippen molar-refractivity contribution in [3.05, 3.63) is 29.8 Å². The van der Waals surface area contributed by atoms with E-state index >= 15 is 0 Å². The Morgan fingerprint density at radius 1 is 1.32 bits per heavy atom. The highest BCUT2D eigenvalue weighted by Gasteiger charge is 2.11. The van der Waals surface area contributed by atoms with Crippen molar-refractivity contribution < 1.29 is 9.59 Å². The van der Waals surface area contributed by atoms with Crippen LogP contribution in [0, 0.1) is 0 Å². The van der Waals surface area contributed by atoms with Gasteiger partial charge in [-0.25, -0.2) is 0 Å². The number of nitrogens with one attached hydrogen (secondary N) is 1. The smallest absolute Gasteiger partial charge is 0.250 e. The number of primary amides is 1. The minimum atomic E-state index is -0.563. The molecular formula is C13H20N4O2. The second-order valence-electron chi connectivity index (χ2n) is 4.34. The Balaban J connectivity index is 2.60. The van der Waals surface area contributed by atoms with Crippen LogP contribution in [-0.2, 0) is 4.79 Å². The molecule has 1 aromatic carbocycles. The topological polar surface area (TPSA) is 101 Å². The molecular weight excluding hydrogens is 244 g/mol. The molecule has 104 valence electrons. The first-order valence-electron chi connectivity index (χ1n) is 6.12. The van der Waals surface area contributed by atoms with Crippen molar-refractivity contribution in [1.29, 1.82) is 0 Å². The molecule has 0 aromatic heterocycles. The Hall–Kier alpha value is -1.92. The molecule has 0 saturated carbocycles. The highest BCUT2D eigenvalue weighted by molar-refractivity contribution is 6.03. The van der Waals surface area contributed by atoms with Crippen molar-refractivity contribution in [2.24, 2.45) is 11.5 Å². The van der Waals surface area contributed by atoms with E-state index in [0.717, 1.165) is 13.0 Å². The predicted molar refractivity (Wildman–Crippen MR) is 74.8 cm³/mol. The second kappa shape index (κ2) is 7.50. The van der Waals surface area contributed by atoms with E-state index < -0.39 is 5.91 Å². The standard InChI is InChI=1S/C13H20N4O2/c1-17(8-4-7-14)9-12(18)16-11-6-3-2-5-10(11)13(15)19/h2-3,5-6H,4,7-9,14H2,1H3,(H2,15,19)(H,16,18). The zero-order valence-corrected chi connectivity index (χ0v) is 11.1. The average Bonchev–Trinajstić information content (AvgIpc) is 2.36. The number of anilines is 1. The fourth-order valence-electron chi connectivity index (χ4n) is 1.68. The Labute approximate surface area is 112 Å². The van der Waals surface area contributed by atoms with Gasteiger partial charge < -0.3 is 16.8 Å². The number of hydrogen-bond acceptors (Lipinski definition) is 4. The maximum atomic E-state index is 11.8. The number of carbonyl (C=O) groups is 2. The summed E-state index contributed by atoms with van der Waals surface area (Å²) in [5.41, 5.74) is 11.4. The normalized spacial score (nSPS) is 10.5. The molecule has 0 spiro atoms. The predicted octanol–water partition coefficient (Wildman–Crippen LogP) is 0.00460. The summed E-state index contributed by atoms with van der Waals surface area (Å²) >= 11 is 0. The zero-order valence-electron chi connectivity index (χ0n) is 11.1. The average molecular weight is 264 g/mol. The maximum absolute atomic E-state index is 11.8. The first kappa shape index (κ1) is 15.1. The van der Waals surface area contributed by atoms with E-state index in [2.05, 4.69) is 5.32 Å². The number of carbonyl (C=O) groups excluding carboxylic acids is 2. The van der Waals surface area contributed by atoms with Crippen LogP contribution in [0.25, 0.3) is 0 Å². The minimum absolute atomic E-state index is 0.187. The molecule has 0 unspecified atom stereocenters. The van der Waals surface area contributed by atoms with Crippen LogP contribution in [0.5, 0.6) is 0 Å². The van der Waals surface area contributed by atoms with Gasteiger partial charge in [0, 0.05) is 0 Å². The van der Waals surface area contributed by atoms with E-state index in [1.165, 1.54) is 0 Å². The summed E-state index contributed by atoms with van der Waals surface area (Å²) in [5.74, 6) is -0.749. The molecule has 6 heteroatoms. The summed E-state index contributed by atoms with van der Waals surface area (Å²) in [6.45, 7) is 1.59. The van der Waals surface area contributed by atoms with E-state index in [0.29, 0.717) is 17.8 Å². The molecule has 0 aliphatic heterocycles. The highest BCUT2D eigenvalue weighted by atomic mass is 16.2. The summed E-state index contributed by atoms with van der Waals surface area (Å²) in [7, 11) is 1.84. The molecule has 5 N–H and O–H groups in total. The van der Waals surface area contributed by atoms with Crippen molar-refractivity contribution >= 4 is 17.5 Å². The van der Waals surface area contributed by atoms with E-state index in [1.54, 1.807) is 24.3 Å². The van der Waals surface area contributed by atoms with Crippen molar-refractivity contribution in [2.75, 3.05) is 32.0 Å². The lowest BCUT2D eigenvalue weighted by Gasteiger charge is -2.16. The van der Waals surface area contributed by atoms with Crippen LogP contribution in [0.3, 0.4) is 0 Å². The van der Waals surface area contributed by atoms with Crippen LogP contribution in [-0.4, -0.2) is 43.4 Å². The lowest BCUT2D eigenvalue weighted by molar-refractivity contribution is -0.117. The molecule has 1 aromatic rings. The number of benzene rings is 1. The summed E-state index contributed by atoms with van der Waals surface area (Å²) in [6, 6.07) is 6.66. The van der Waals surface area contributed by atoms with Gasteiger partial charge in [0.25, 0.3) is 5.91 Å². The summed E-state index contributed by atoms with van der Waals surface area (Å²) in [4.78, 5) is 24.9. The van der Waals surface area contributed by atoms with Gasteiger partial charge in [0.15, 0.2) is 0 Å². The number of nitrogens with zero attached hydrogens (tertiary/aromatic N) is 1. The number of amides is 2. The third-order valence-corrected chi connectivity index (χ3v) is 2.62. The monoisotopic (exact) mass is 264 g/mol. The maximum Gasteiger partial charge on any atom is 0.250 e. The Bertz CT molecular complexity index is 448. The minimum Gasteiger partial charge on any atom is -0.366 e. The van der Waals surface area contributed by atoms with Gasteiger partial charge in [0.2, 0.25) is 5.91 Å². The summed E-state index contributed by atoms with van der Waals surface area (Å²) in [5, 5.41) is 2.69. The molecule has 6 nitrogen and oxygen atoms in total. The number of rotatable bonds is 7. The van der Waals surface area contributed by atoms with E-state index in [1.807, 2.05) is 11.9 Å². The Kier molecular flexibility index (Phi) is 5.98. The van der Waals surface area contributed by atoms with Gasteiger partial charge >= 0.3 is 0 Å². The fourth-order valence-corrected chi connectivity index (χ4v) is 1.68. The third-order valence-electron chi connectivity index (χ3n) is 2.62. The number of likely N-dealkylation sites (N-methyl/N-ethyl adjacent to an activating group) is 1. The van der Waals surface area contributed by atoms with Gasteiger partial charge in [-0.1, -0.05) is 12.1 Å². The molecule has 0 fully saturated rings. The SMILES string of the molecule is CN(CCCN)CC(=O)Nc1ccccc1C(N)=O. The van der Waals surface area contributed by atoms with E-state index in [-0.39, 0.29) is 12.5 Å². The molecule has 19 heavy (non-hydrogen) atoms. The summed E-state index contributed by atoms with van der Waals surface area (Å²) < 4.78 is 0. The van der Waals surface area contributed by atoms with Gasteiger partial charge in [0.05, 0.1) is 17.8 Å². The van der Waals surface area contributed by atoms with E-state index in [4.69, 9.17) is 11.5 Å². The molecule has 0 saturated heterocycles.